The second kappa shape index (κ2) is 5.38. The zero-order valence-corrected chi connectivity index (χ0v) is 10.8. The van der Waals surface area contributed by atoms with Crippen molar-refractivity contribution in [3.63, 3.8) is 0 Å². The summed E-state index contributed by atoms with van der Waals surface area (Å²) in [5, 5.41) is 8.95. The van der Waals surface area contributed by atoms with Crippen LogP contribution in [0.15, 0.2) is 30.3 Å². The maximum Gasteiger partial charge on any atom is 0.158 e. The van der Waals surface area contributed by atoms with Crippen molar-refractivity contribution < 1.29 is 4.74 Å². The lowest BCUT2D eigenvalue weighted by Gasteiger charge is -2.10. The average molecular weight is 254 g/mol. The summed E-state index contributed by atoms with van der Waals surface area (Å²) in [6.07, 6.45) is 0. The van der Waals surface area contributed by atoms with Crippen LogP contribution in [-0.4, -0.2) is 12.1 Å². The Morgan fingerprint density at radius 2 is 2.11 bits per heavy atom. The molecule has 2 aromatic rings. The number of hydrogen-bond acceptors (Lipinski definition) is 5. The second-order valence-electron chi connectivity index (χ2n) is 4.05. The third-order valence-corrected chi connectivity index (χ3v) is 2.78. The number of benzene rings is 1. The molecule has 0 radical (unpaired) electrons. The number of aromatic nitrogens is 1. The summed E-state index contributed by atoms with van der Waals surface area (Å²) in [5.41, 5.74) is 5.50. The van der Waals surface area contributed by atoms with Gasteiger partial charge in [-0.3, -0.25) is 0 Å². The minimum atomic E-state index is 0.351. The number of pyridine rings is 1. The number of nitrogens with one attached hydrogen (secondary N) is 1. The molecular weight excluding hydrogens is 240 g/mol. The van der Waals surface area contributed by atoms with Gasteiger partial charge in [-0.2, -0.15) is 5.26 Å². The van der Waals surface area contributed by atoms with E-state index >= 15 is 0 Å². The first kappa shape index (κ1) is 12.9. The maximum atomic E-state index is 8.95. The summed E-state index contributed by atoms with van der Waals surface area (Å²) in [5.74, 6) is 6.46. The van der Waals surface area contributed by atoms with Crippen molar-refractivity contribution in [2.24, 2.45) is 5.84 Å². The first-order valence-corrected chi connectivity index (χ1v) is 5.72. The number of aryl methyl sites for hydroxylation is 1. The van der Waals surface area contributed by atoms with E-state index in [1.165, 1.54) is 0 Å². The molecule has 3 N–H and O–H groups in total. The number of ether oxygens (including phenoxy) is 1. The fourth-order valence-electron chi connectivity index (χ4n) is 1.83. The van der Waals surface area contributed by atoms with Gasteiger partial charge in [0.2, 0.25) is 0 Å². The van der Waals surface area contributed by atoms with Crippen LogP contribution in [0.1, 0.15) is 11.1 Å². The topological polar surface area (TPSA) is 84.0 Å². The zero-order chi connectivity index (χ0) is 13.8. The Labute approximate surface area is 111 Å². The monoisotopic (exact) mass is 254 g/mol. The van der Waals surface area contributed by atoms with E-state index < -0.39 is 0 Å². The van der Waals surface area contributed by atoms with Crippen molar-refractivity contribution in [2.45, 2.75) is 6.92 Å². The quantitative estimate of drug-likeness (QED) is 0.648. The second-order valence-corrected chi connectivity index (χ2v) is 4.05. The summed E-state index contributed by atoms with van der Waals surface area (Å²) in [4.78, 5) is 4.34. The van der Waals surface area contributed by atoms with Crippen molar-refractivity contribution in [1.29, 1.82) is 5.26 Å². The van der Waals surface area contributed by atoms with Crippen molar-refractivity contribution in [1.82, 2.24) is 4.98 Å². The Bertz CT molecular complexity index is 646. The van der Waals surface area contributed by atoms with E-state index in [1.807, 2.05) is 31.2 Å². The van der Waals surface area contributed by atoms with Gasteiger partial charge < -0.3 is 10.2 Å². The normalized spacial score (nSPS) is 9.79. The smallest absolute Gasteiger partial charge is 0.158 e. The minimum absolute atomic E-state index is 0.351. The van der Waals surface area contributed by atoms with Crippen LogP contribution in [0, 0.1) is 18.3 Å². The molecule has 0 bridgehead atoms. The Morgan fingerprint density at radius 1 is 1.32 bits per heavy atom. The zero-order valence-electron chi connectivity index (χ0n) is 10.8. The summed E-state index contributed by atoms with van der Waals surface area (Å²) < 4.78 is 5.33. The largest absolute Gasteiger partial charge is 0.496 e. The van der Waals surface area contributed by atoms with Crippen LogP contribution in [0.4, 0.5) is 5.82 Å². The highest BCUT2D eigenvalue weighted by Crippen LogP contribution is 2.30. The molecule has 5 heteroatoms. The third kappa shape index (κ3) is 2.49. The van der Waals surface area contributed by atoms with E-state index in [0.29, 0.717) is 17.1 Å². The molecule has 0 fully saturated rings. The van der Waals surface area contributed by atoms with Gasteiger partial charge in [0.1, 0.15) is 11.8 Å². The minimum Gasteiger partial charge on any atom is -0.496 e. The highest BCUT2D eigenvalue weighted by molar-refractivity contribution is 5.70. The Morgan fingerprint density at radius 3 is 2.74 bits per heavy atom. The number of methoxy groups -OCH3 is 1. The van der Waals surface area contributed by atoms with Crippen LogP contribution in [0.5, 0.6) is 5.75 Å². The molecule has 2 rings (SSSR count). The van der Waals surface area contributed by atoms with Gasteiger partial charge >= 0.3 is 0 Å². The molecule has 1 aromatic carbocycles. The fraction of sp³-hybridized carbons (Fsp3) is 0.143. The molecule has 0 aliphatic carbocycles. The summed E-state index contributed by atoms with van der Waals surface area (Å²) >= 11 is 0. The molecular formula is C14H14N4O. The van der Waals surface area contributed by atoms with Crippen molar-refractivity contribution in [3.8, 4) is 23.1 Å². The molecule has 96 valence electrons. The van der Waals surface area contributed by atoms with E-state index in [-0.39, 0.29) is 0 Å². The summed E-state index contributed by atoms with van der Waals surface area (Å²) in [6.45, 7) is 1.99. The van der Waals surface area contributed by atoms with Crippen LogP contribution in [0.25, 0.3) is 11.3 Å². The first-order chi connectivity index (χ1) is 9.19. The number of hydrogen-bond donors (Lipinski definition) is 2. The molecule has 0 amide bonds. The van der Waals surface area contributed by atoms with Gasteiger partial charge in [0.05, 0.1) is 18.4 Å². The van der Waals surface area contributed by atoms with Crippen LogP contribution in [-0.2, 0) is 0 Å². The van der Waals surface area contributed by atoms with Gasteiger partial charge in [-0.05, 0) is 31.2 Å². The molecule has 0 aliphatic heterocycles. The highest BCUT2D eigenvalue weighted by Gasteiger charge is 2.10. The molecule has 0 unspecified atom stereocenters. The van der Waals surface area contributed by atoms with Gasteiger partial charge in [-0.15, -0.1) is 0 Å². The summed E-state index contributed by atoms with van der Waals surface area (Å²) in [7, 11) is 1.61. The Hall–Kier alpha value is -2.58. The van der Waals surface area contributed by atoms with Gasteiger partial charge in [0, 0.05) is 5.56 Å². The maximum absolute atomic E-state index is 8.95. The number of anilines is 1. The first-order valence-electron chi connectivity index (χ1n) is 5.72. The molecule has 0 aliphatic rings. The molecule has 0 saturated carbocycles. The molecule has 5 nitrogen and oxygen atoms in total. The SMILES string of the molecule is COc1ccc(C)cc1-c1ccc(C#N)c(NN)n1. The highest BCUT2D eigenvalue weighted by atomic mass is 16.5. The van der Waals surface area contributed by atoms with E-state index in [4.69, 9.17) is 15.8 Å². The van der Waals surface area contributed by atoms with E-state index in [1.54, 1.807) is 19.2 Å². The van der Waals surface area contributed by atoms with Gasteiger partial charge in [-0.1, -0.05) is 11.6 Å². The van der Waals surface area contributed by atoms with Crippen LogP contribution >= 0.6 is 0 Å². The van der Waals surface area contributed by atoms with Gasteiger partial charge in [-0.25, -0.2) is 10.8 Å². The molecule has 0 spiro atoms. The van der Waals surface area contributed by atoms with Gasteiger partial charge in [0.15, 0.2) is 5.82 Å². The average Bonchev–Trinajstić information content (AvgIpc) is 2.46. The van der Waals surface area contributed by atoms with Gasteiger partial charge in [0.25, 0.3) is 0 Å². The Kier molecular flexibility index (Phi) is 3.64. The fourth-order valence-corrected chi connectivity index (χ4v) is 1.83. The standard InChI is InChI=1S/C14H14N4O/c1-9-3-6-13(19-2)11(7-9)12-5-4-10(8-15)14(17-12)18-16/h3-7H,16H2,1-2H3,(H,17,18). The lowest BCUT2D eigenvalue weighted by molar-refractivity contribution is 0.416. The van der Waals surface area contributed by atoms with Crippen LogP contribution in [0.3, 0.4) is 0 Å². The third-order valence-electron chi connectivity index (χ3n) is 2.78. The number of hydrazine groups is 1. The number of rotatable bonds is 3. The van der Waals surface area contributed by atoms with E-state index in [2.05, 4.69) is 10.4 Å². The molecule has 0 atom stereocenters. The summed E-state index contributed by atoms with van der Waals surface area (Å²) in [6, 6.07) is 11.3. The van der Waals surface area contributed by atoms with Crippen molar-refractivity contribution in [2.75, 3.05) is 12.5 Å². The van der Waals surface area contributed by atoms with Crippen molar-refractivity contribution >= 4 is 5.82 Å². The predicted molar refractivity (Wildman–Crippen MR) is 73.5 cm³/mol. The van der Waals surface area contributed by atoms with Crippen LogP contribution < -0.4 is 16.0 Å². The lowest BCUT2D eigenvalue weighted by atomic mass is 10.1. The molecule has 1 aromatic heterocycles. The number of nitriles is 1. The molecule has 0 saturated heterocycles. The number of nitrogens with zero attached hydrogens (tertiary/aromatic N) is 2. The number of nitrogen functional groups attached to an aromatic ring is 1. The molecule has 19 heavy (non-hydrogen) atoms. The number of nitrogens with two attached hydrogens (primary N) is 1. The van der Waals surface area contributed by atoms with Crippen LogP contribution in [0.2, 0.25) is 0 Å². The van der Waals surface area contributed by atoms with E-state index in [9.17, 15) is 0 Å². The van der Waals surface area contributed by atoms with E-state index in [0.717, 1.165) is 16.9 Å². The lowest BCUT2D eigenvalue weighted by Crippen LogP contribution is -2.10. The Balaban J connectivity index is 2.59. The predicted octanol–water partition coefficient (Wildman–Crippen LogP) is 2.22. The molecule has 1 heterocycles. The van der Waals surface area contributed by atoms with Crippen molar-refractivity contribution in [3.05, 3.63) is 41.5 Å².